The predicted octanol–water partition coefficient (Wildman–Crippen LogP) is 4.48. The Kier molecular flexibility index (Phi) is 3.09. The van der Waals surface area contributed by atoms with Crippen LogP contribution in [0.1, 0.15) is 0 Å². The highest BCUT2D eigenvalue weighted by molar-refractivity contribution is 9.10. The van der Waals surface area contributed by atoms with Crippen LogP contribution in [0, 0.1) is 0 Å². The van der Waals surface area contributed by atoms with Gasteiger partial charge in [0.15, 0.2) is 5.76 Å². The number of benzene rings is 2. The number of hydrogen-bond donors (Lipinski definition) is 1. The maximum Gasteiger partial charge on any atom is 0.167 e. The Labute approximate surface area is 118 Å². The molecule has 3 rings (SSSR count). The molecule has 4 heteroatoms. The van der Waals surface area contributed by atoms with Gasteiger partial charge in [0, 0.05) is 21.7 Å². The monoisotopic (exact) mass is 315 g/mol. The summed E-state index contributed by atoms with van der Waals surface area (Å²) in [5, 5.41) is 13.3. The van der Waals surface area contributed by atoms with Crippen LogP contribution in [0.2, 0.25) is 0 Å². The average Bonchev–Trinajstić information content (AvgIpc) is 2.90. The molecule has 0 spiro atoms. The average molecular weight is 316 g/mol. The van der Waals surface area contributed by atoms with E-state index in [0.29, 0.717) is 5.76 Å². The number of phenols is 1. The lowest BCUT2D eigenvalue weighted by atomic mass is 10.1. The van der Waals surface area contributed by atoms with Gasteiger partial charge >= 0.3 is 0 Å². The highest BCUT2D eigenvalue weighted by atomic mass is 79.9. The van der Waals surface area contributed by atoms with Gasteiger partial charge in [0.25, 0.3) is 0 Å². The molecule has 0 aliphatic rings. The molecule has 2 aromatic carbocycles. The molecule has 0 unspecified atom stereocenters. The minimum atomic E-state index is 0.233. The molecule has 0 amide bonds. The number of nitrogens with zero attached hydrogens (tertiary/aromatic N) is 1. The van der Waals surface area contributed by atoms with Gasteiger partial charge in [0.1, 0.15) is 11.4 Å². The van der Waals surface area contributed by atoms with Crippen molar-refractivity contribution in [3.05, 3.63) is 59.1 Å². The van der Waals surface area contributed by atoms with E-state index in [1.54, 1.807) is 24.3 Å². The van der Waals surface area contributed by atoms with Gasteiger partial charge in [-0.05, 0) is 36.4 Å². The molecule has 3 nitrogen and oxygen atoms in total. The van der Waals surface area contributed by atoms with E-state index < -0.39 is 0 Å². The molecule has 0 atom stereocenters. The lowest BCUT2D eigenvalue weighted by Crippen LogP contribution is -1.75. The zero-order valence-corrected chi connectivity index (χ0v) is 11.5. The summed E-state index contributed by atoms with van der Waals surface area (Å²) in [4.78, 5) is 0. The molecule has 3 aromatic rings. The van der Waals surface area contributed by atoms with Gasteiger partial charge in [-0.25, -0.2) is 0 Å². The van der Waals surface area contributed by atoms with Gasteiger partial charge in [-0.1, -0.05) is 33.2 Å². The molecule has 94 valence electrons. The Morgan fingerprint density at radius 3 is 2.21 bits per heavy atom. The molecule has 1 aromatic heterocycles. The molecule has 19 heavy (non-hydrogen) atoms. The second-order valence-electron chi connectivity index (χ2n) is 4.13. The van der Waals surface area contributed by atoms with Crippen LogP contribution in [0.15, 0.2) is 63.6 Å². The topological polar surface area (TPSA) is 46.3 Å². The predicted molar refractivity (Wildman–Crippen MR) is 76.7 cm³/mol. The van der Waals surface area contributed by atoms with Crippen molar-refractivity contribution in [2.24, 2.45) is 0 Å². The Balaban J connectivity index is 1.95. The van der Waals surface area contributed by atoms with E-state index in [-0.39, 0.29) is 5.75 Å². The van der Waals surface area contributed by atoms with Gasteiger partial charge in [-0.2, -0.15) is 0 Å². The van der Waals surface area contributed by atoms with E-state index in [9.17, 15) is 5.11 Å². The van der Waals surface area contributed by atoms with Crippen molar-refractivity contribution in [1.82, 2.24) is 5.16 Å². The maximum absolute atomic E-state index is 9.26. The first-order valence-electron chi connectivity index (χ1n) is 5.74. The summed E-state index contributed by atoms with van der Waals surface area (Å²) in [5.74, 6) is 0.911. The molecule has 1 N–H and O–H groups in total. The number of phenolic OH excluding ortho intramolecular Hbond substituents is 1. The largest absolute Gasteiger partial charge is 0.508 e. The van der Waals surface area contributed by atoms with Crippen LogP contribution < -0.4 is 0 Å². The van der Waals surface area contributed by atoms with Crippen LogP contribution in [-0.2, 0) is 0 Å². The molecule has 0 saturated heterocycles. The van der Waals surface area contributed by atoms with E-state index in [1.807, 2.05) is 30.3 Å². The highest BCUT2D eigenvalue weighted by Gasteiger charge is 2.08. The molecular weight excluding hydrogens is 306 g/mol. The zero-order valence-electron chi connectivity index (χ0n) is 9.88. The first kappa shape index (κ1) is 12.0. The van der Waals surface area contributed by atoms with Gasteiger partial charge in [0.05, 0.1) is 0 Å². The number of hydrogen-bond acceptors (Lipinski definition) is 3. The van der Waals surface area contributed by atoms with Gasteiger partial charge in [-0.3, -0.25) is 0 Å². The highest BCUT2D eigenvalue weighted by Crippen LogP contribution is 2.27. The number of halogens is 1. The third kappa shape index (κ3) is 2.53. The molecule has 0 aliphatic heterocycles. The van der Waals surface area contributed by atoms with Crippen molar-refractivity contribution in [1.29, 1.82) is 0 Å². The second kappa shape index (κ2) is 4.90. The summed E-state index contributed by atoms with van der Waals surface area (Å²) in [6.45, 7) is 0. The third-order valence-electron chi connectivity index (χ3n) is 2.80. The SMILES string of the molecule is Oc1ccc(-c2cc(-c3ccc(Br)cc3)no2)cc1. The van der Waals surface area contributed by atoms with Gasteiger partial charge in [-0.15, -0.1) is 0 Å². The van der Waals surface area contributed by atoms with Crippen LogP contribution in [-0.4, -0.2) is 10.3 Å². The summed E-state index contributed by atoms with van der Waals surface area (Å²) in [6, 6.07) is 16.6. The van der Waals surface area contributed by atoms with E-state index in [1.165, 1.54) is 0 Å². The quantitative estimate of drug-likeness (QED) is 0.758. The van der Waals surface area contributed by atoms with E-state index in [0.717, 1.165) is 21.3 Å². The lowest BCUT2D eigenvalue weighted by molar-refractivity contribution is 0.434. The number of aromatic hydroxyl groups is 1. The number of rotatable bonds is 2. The standard InChI is InChI=1S/C15H10BrNO2/c16-12-5-1-10(2-6-12)14-9-15(19-17-14)11-3-7-13(18)8-4-11/h1-9,18H. The number of aromatic nitrogens is 1. The molecule has 0 aliphatic carbocycles. The minimum absolute atomic E-state index is 0.233. The van der Waals surface area contributed by atoms with Crippen molar-refractivity contribution in [2.75, 3.05) is 0 Å². The van der Waals surface area contributed by atoms with Crippen molar-refractivity contribution in [2.45, 2.75) is 0 Å². The van der Waals surface area contributed by atoms with E-state index in [4.69, 9.17) is 4.52 Å². The Morgan fingerprint density at radius 2 is 1.53 bits per heavy atom. The Bertz CT molecular complexity index is 627. The fourth-order valence-corrected chi connectivity index (χ4v) is 2.06. The van der Waals surface area contributed by atoms with Crippen LogP contribution in [0.5, 0.6) is 5.75 Å². The minimum Gasteiger partial charge on any atom is -0.508 e. The summed E-state index contributed by atoms with van der Waals surface area (Å²) >= 11 is 3.40. The Hall–Kier alpha value is -2.07. The molecule has 0 bridgehead atoms. The molecular formula is C15H10BrNO2. The summed E-state index contributed by atoms with van der Waals surface area (Å²) in [5.41, 5.74) is 2.67. The molecule has 1 heterocycles. The normalized spacial score (nSPS) is 10.6. The zero-order chi connectivity index (χ0) is 13.2. The van der Waals surface area contributed by atoms with Crippen LogP contribution in [0.3, 0.4) is 0 Å². The first-order valence-corrected chi connectivity index (χ1v) is 6.54. The van der Waals surface area contributed by atoms with Crippen molar-refractivity contribution in [3.63, 3.8) is 0 Å². The van der Waals surface area contributed by atoms with E-state index >= 15 is 0 Å². The van der Waals surface area contributed by atoms with Crippen LogP contribution in [0.25, 0.3) is 22.6 Å². The molecule has 0 radical (unpaired) electrons. The van der Waals surface area contributed by atoms with Crippen molar-refractivity contribution in [3.8, 4) is 28.3 Å². The second-order valence-corrected chi connectivity index (χ2v) is 5.05. The van der Waals surface area contributed by atoms with Crippen LogP contribution >= 0.6 is 15.9 Å². The molecule has 0 fully saturated rings. The van der Waals surface area contributed by atoms with Crippen LogP contribution in [0.4, 0.5) is 0 Å². The first-order chi connectivity index (χ1) is 9.22. The van der Waals surface area contributed by atoms with Crippen molar-refractivity contribution >= 4 is 15.9 Å². The fourth-order valence-electron chi connectivity index (χ4n) is 1.79. The fraction of sp³-hybridized carbons (Fsp3) is 0. The smallest absolute Gasteiger partial charge is 0.167 e. The summed E-state index contributed by atoms with van der Waals surface area (Å²) < 4.78 is 6.36. The molecule has 0 saturated carbocycles. The van der Waals surface area contributed by atoms with E-state index in [2.05, 4.69) is 21.1 Å². The Morgan fingerprint density at radius 1 is 0.895 bits per heavy atom. The van der Waals surface area contributed by atoms with Gasteiger partial charge < -0.3 is 9.63 Å². The van der Waals surface area contributed by atoms with Gasteiger partial charge in [0.2, 0.25) is 0 Å². The summed E-state index contributed by atoms with van der Waals surface area (Å²) in [7, 11) is 0. The third-order valence-corrected chi connectivity index (χ3v) is 3.33. The lowest BCUT2D eigenvalue weighted by Gasteiger charge is -1.95. The van der Waals surface area contributed by atoms with Crippen molar-refractivity contribution < 1.29 is 9.63 Å². The maximum atomic E-state index is 9.26. The summed E-state index contributed by atoms with van der Waals surface area (Å²) in [6.07, 6.45) is 0.